The molecule has 1 aromatic heterocycles. The Hall–Kier alpha value is -1.95. The molecule has 112 valence electrons. The third kappa shape index (κ3) is 3.39. The SMILES string of the molecule is O=C(NCCc1nc2ccc(F)cc2[nH]1)C1CCCNC1. The van der Waals surface area contributed by atoms with Crippen molar-refractivity contribution < 1.29 is 9.18 Å². The number of halogens is 1. The number of hydrogen-bond donors (Lipinski definition) is 3. The Morgan fingerprint density at radius 3 is 3.19 bits per heavy atom. The molecule has 1 amide bonds. The molecule has 1 fully saturated rings. The highest BCUT2D eigenvalue weighted by molar-refractivity contribution is 5.79. The number of rotatable bonds is 4. The van der Waals surface area contributed by atoms with Crippen LogP contribution in [0.15, 0.2) is 18.2 Å². The van der Waals surface area contributed by atoms with Gasteiger partial charge in [-0.15, -0.1) is 0 Å². The lowest BCUT2D eigenvalue weighted by Gasteiger charge is -2.21. The Labute approximate surface area is 122 Å². The molecule has 0 saturated carbocycles. The zero-order chi connectivity index (χ0) is 14.7. The molecular weight excluding hydrogens is 271 g/mol. The van der Waals surface area contributed by atoms with Crippen LogP contribution < -0.4 is 10.6 Å². The van der Waals surface area contributed by atoms with Crippen molar-refractivity contribution in [2.75, 3.05) is 19.6 Å². The van der Waals surface area contributed by atoms with Gasteiger partial charge in [0, 0.05) is 19.5 Å². The molecule has 1 aromatic carbocycles. The number of aromatic nitrogens is 2. The minimum absolute atomic E-state index is 0.0727. The summed E-state index contributed by atoms with van der Waals surface area (Å²) in [6.07, 6.45) is 2.61. The number of H-pyrrole nitrogens is 1. The van der Waals surface area contributed by atoms with E-state index in [1.165, 1.54) is 12.1 Å². The average Bonchev–Trinajstić information content (AvgIpc) is 2.89. The number of carbonyl (C=O) groups excluding carboxylic acids is 1. The maximum absolute atomic E-state index is 13.1. The summed E-state index contributed by atoms with van der Waals surface area (Å²) in [6.45, 7) is 2.30. The molecule has 2 aromatic rings. The van der Waals surface area contributed by atoms with Crippen molar-refractivity contribution in [3.8, 4) is 0 Å². The van der Waals surface area contributed by atoms with Crippen LogP contribution in [-0.4, -0.2) is 35.5 Å². The number of aromatic amines is 1. The molecule has 1 atom stereocenters. The molecule has 1 unspecified atom stereocenters. The number of benzene rings is 1. The van der Waals surface area contributed by atoms with Crippen LogP contribution in [-0.2, 0) is 11.2 Å². The third-order valence-corrected chi connectivity index (χ3v) is 3.82. The van der Waals surface area contributed by atoms with Gasteiger partial charge in [0.1, 0.15) is 11.6 Å². The van der Waals surface area contributed by atoms with Gasteiger partial charge in [-0.3, -0.25) is 4.79 Å². The normalized spacial score (nSPS) is 18.8. The van der Waals surface area contributed by atoms with Crippen LogP contribution in [0.25, 0.3) is 11.0 Å². The van der Waals surface area contributed by atoms with Gasteiger partial charge in [0.25, 0.3) is 0 Å². The summed E-state index contributed by atoms with van der Waals surface area (Å²) in [5.74, 6) is 0.654. The summed E-state index contributed by atoms with van der Waals surface area (Å²) < 4.78 is 13.1. The van der Waals surface area contributed by atoms with Crippen molar-refractivity contribution in [2.24, 2.45) is 5.92 Å². The molecule has 1 aliphatic rings. The van der Waals surface area contributed by atoms with Gasteiger partial charge in [0.05, 0.1) is 17.0 Å². The van der Waals surface area contributed by atoms with E-state index in [0.717, 1.165) is 37.3 Å². The standard InChI is InChI=1S/C15H19FN4O/c16-11-3-4-12-13(8-11)20-14(19-12)5-7-18-15(21)10-2-1-6-17-9-10/h3-4,8,10,17H,1-2,5-7,9H2,(H,18,21)(H,19,20). The number of imidazole rings is 1. The molecular formula is C15H19FN4O. The third-order valence-electron chi connectivity index (χ3n) is 3.82. The van der Waals surface area contributed by atoms with E-state index in [9.17, 15) is 9.18 Å². The van der Waals surface area contributed by atoms with Crippen molar-refractivity contribution in [2.45, 2.75) is 19.3 Å². The fourth-order valence-corrected chi connectivity index (χ4v) is 2.68. The number of nitrogens with zero attached hydrogens (tertiary/aromatic N) is 1. The van der Waals surface area contributed by atoms with Gasteiger partial charge < -0.3 is 15.6 Å². The Morgan fingerprint density at radius 1 is 1.48 bits per heavy atom. The van der Waals surface area contributed by atoms with E-state index in [1.807, 2.05) is 0 Å². The predicted octanol–water partition coefficient (Wildman–Crippen LogP) is 1.36. The van der Waals surface area contributed by atoms with Crippen LogP contribution in [0.2, 0.25) is 0 Å². The number of carbonyl (C=O) groups is 1. The number of amides is 1. The van der Waals surface area contributed by atoms with Gasteiger partial charge in [0.15, 0.2) is 0 Å². The molecule has 3 rings (SSSR count). The Balaban J connectivity index is 1.53. The fraction of sp³-hybridized carbons (Fsp3) is 0.467. The lowest BCUT2D eigenvalue weighted by Crippen LogP contribution is -2.41. The number of piperidine rings is 1. The second-order valence-corrected chi connectivity index (χ2v) is 5.43. The molecule has 2 heterocycles. The maximum atomic E-state index is 13.1. The Bertz CT molecular complexity index is 634. The van der Waals surface area contributed by atoms with Crippen LogP contribution in [0.4, 0.5) is 4.39 Å². The first-order valence-electron chi connectivity index (χ1n) is 7.35. The molecule has 0 bridgehead atoms. The quantitative estimate of drug-likeness (QED) is 0.796. The lowest BCUT2D eigenvalue weighted by molar-refractivity contribution is -0.125. The van der Waals surface area contributed by atoms with Crippen molar-refractivity contribution >= 4 is 16.9 Å². The summed E-state index contributed by atoms with van der Waals surface area (Å²) in [5, 5.41) is 6.18. The number of hydrogen-bond acceptors (Lipinski definition) is 3. The summed E-state index contributed by atoms with van der Waals surface area (Å²) in [7, 11) is 0. The molecule has 3 N–H and O–H groups in total. The Kier molecular flexibility index (Phi) is 4.15. The monoisotopic (exact) mass is 290 g/mol. The van der Waals surface area contributed by atoms with Gasteiger partial charge in [-0.05, 0) is 37.6 Å². The first kappa shape index (κ1) is 14.0. The van der Waals surface area contributed by atoms with Crippen LogP contribution >= 0.6 is 0 Å². The van der Waals surface area contributed by atoms with E-state index in [4.69, 9.17) is 0 Å². The van der Waals surface area contributed by atoms with Crippen LogP contribution in [0.3, 0.4) is 0 Å². The van der Waals surface area contributed by atoms with Crippen molar-refractivity contribution in [3.05, 3.63) is 29.8 Å². The molecule has 0 radical (unpaired) electrons. The van der Waals surface area contributed by atoms with Gasteiger partial charge in [-0.1, -0.05) is 0 Å². The topological polar surface area (TPSA) is 69.8 Å². The molecule has 0 spiro atoms. The van der Waals surface area contributed by atoms with E-state index < -0.39 is 0 Å². The molecule has 5 nitrogen and oxygen atoms in total. The van der Waals surface area contributed by atoms with Gasteiger partial charge in [0.2, 0.25) is 5.91 Å². The van der Waals surface area contributed by atoms with Crippen LogP contribution in [0, 0.1) is 11.7 Å². The van der Waals surface area contributed by atoms with E-state index >= 15 is 0 Å². The van der Waals surface area contributed by atoms with Crippen molar-refractivity contribution in [3.63, 3.8) is 0 Å². The molecule has 0 aliphatic carbocycles. The average molecular weight is 290 g/mol. The predicted molar refractivity (Wildman–Crippen MR) is 78.4 cm³/mol. The smallest absolute Gasteiger partial charge is 0.224 e. The van der Waals surface area contributed by atoms with Gasteiger partial charge in [-0.25, -0.2) is 9.37 Å². The summed E-state index contributed by atoms with van der Waals surface area (Å²) in [4.78, 5) is 19.4. The molecule has 6 heteroatoms. The minimum atomic E-state index is -0.282. The molecule has 1 saturated heterocycles. The van der Waals surface area contributed by atoms with E-state index in [2.05, 4.69) is 20.6 Å². The van der Waals surface area contributed by atoms with Gasteiger partial charge >= 0.3 is 0 Å². The van der Waals surface area contributed by atoms with Crippen LogP contribution in [0.5, 0.6) is 0 Å². The first-order chi connectivity index (χ1) is 10.2. The summed E-state index contributed by atoms with van der Waals surface area (Å²) in [5.41, 5.74) is 1.43. The summed E-state index contributed by atoms with van der Waals surface area (Å²) >= 11 is 0. The second-order valence-electron chi connectivity index (χ2n) is 5.43. The maximum Gasteiger partial charge on any atom is 0.224 e. The highest BCUT2D eigenvalue weighted by Gasteiger charge is 2.20. The van der Waals surface area contributed by atoms with Crippen molar-refractivity contribution in [1.29, 1.82) is 0 Å². The Morgan fingerprint density at radius 2 is 2.38 bits per heavy atom. The van der Waals surface area contributed by atoms with E-state index in [-0.39, 0.29) is 17.6 Å². The largest absolute Gasteiger partial charge is 0.355 e. The van der Waals surface area contributed by atoms with E-state index in [0.29, 0.717) is 18.5 Å². The number of fused-ring (bicyclic) bond motifs is 1. The highest BCUT2D eigenvalue weighted by Crippen LogP contribution is 2.13. The molecule has 21 heavy (non-hydrogen) atoms. The minimum Gasteiger partial charge on any atom is -0.355 e. The second kappa shape index (κ2) is 6.22. The van der Waals surface area contributed by atoms with Crippen molar-refractivity contribution in [1.82, 2.24) is 20.6 Å². The van der Waals surface area contributed by atoms with Crippen LogP contribution in [0.1, 0.15) is 18.7 Å². The lowest BCUT2D eigenvalue weighted by atomic mass is 9.99. The zero-order valence-corrected chi connectivity index (χ0v) is 11.8. The number of nitrogens with one attached hydrogen (secondary N) is 3. The summed E-state index contributed by atoms with van der Waals surface area (Å²) in [6, 6.07) is 4.47. The molecule has 1 aliphatic heterocycles. The highest BCUT2D eigenvalue weighted by atomic mass is 19.1. The van der Waals surface area contributed by atoms with Gasteiger partial charge in [-0.2, -0.15) is 0 Å². The fourth-order valence-electron chi connectivity index (χ4n) is 2.68. The van der Waals surface area contributed by atoms with E-state index in [1.54, 1.807) is 6.07 Å². The first-order valence-corrected chi connectivity index (χ1v) is 7.35. The zero-order valence-electron chi connectivity index (χ0n) is 11.8.